The van der Waals surface area contributed by atoms with E-state index in [9.17, 15) is 23.1 Å². The van der Waals surface area contributed by atoms with Gasteiger partial charge in [0.2, 0.25) is 5.91 Å². The van der Waals surface area contributed by atoms with Crippen molar-refractivity contribution in [2.45, 2.75) is 31.0 Å². The third-order valence-electron chi connectivity index (χ3n) is 3.75. The summed E-state index contributed by atoms with van der Waals surface area (Å²) < 4.78 is 37.8. The van der Waals surface area contributed by atoms with Gasteiger partial charge in [-0.1, -0.05) is 0 Å². The lowest BCUT2D eigenvalue weighted by Crippen LogP contribution is -2.48. The molecule has 2 aliphatic heterocycles. The molecule has 112 valence electrons. The number of hydrogen-bond donors (Lipinski definition) is 2. The summed E-state index contributed by atoms with van der Waals surface area (Å²) in [7, 11) is 0. The van der Waals surface area contributed by atoms with Gasteiger partial charge in [-0.3, -0.25) is 4.79 Å². The Morgan fingerprint density at radius 3 is 2.63 bits per heavy atom. The highest BCUT2D eigenvalue weighted by Crippen LogP contribution is 2.37. The van der Waals surface area contributed by atoms with Gasteiger partial charge in [0, 0.05) is 19.4 Å². The number of nitrogens with zero attached hydrogens (tertiary/aromatic N) is 1. The Balaban J connectivity index is 0.00000180. The number of aliphatic hydroxyl groups is 1. The van der Waals surface area contributed by atoms with Crippen LogP contribution in [0.2, 0.25) is 0 Å². The van der Waals surface area contributed by atoms with Gasteiger partial charge in [0.05, 0.1) is 6.54 Å². The van der Waals surface area contributed by atoms with Crippen molar-refractivity contribution < 1.29 is 23.1 Å². The van der Waals surface area contributed by atoms with E-state index in [0.717, 1.165) is 24.4 Å². The van der Waals surface area contributed by atoms with Crippen molar-refractivity contribution in [1.82, 2.24) is 10.2 Å². The van der Waals surface area contributed by atoms with Crippen LogP contribution < -0.4 is 5.32 Å². The topological polar surface area (TPSA) is 52.6 Å². The minimum absolute atomic E-state index is 0. The molecule has 8 heteroatoms. The van der Waals surface area contributed by atoms with Crippen LogP contribution in [-0.4, -0.2) is 53.9 Å². The average molecular weight is 303 g/mol. The number of hydrogen-bond acceptors (Lipinski definition) is 3. The number of β-amino-alcohol motifs (C(OH)–C–C–N with tert-alkyl or cyclic N) is 1. The number of halogens is 4. The number of carbonyl (C=O) groups is 1. The van der Waals surface area contributed by atoms with Gasteiger partial charge < -0.3 is 15.3 Å². The van der Waals surface area contributed by atoms with Crippen molar-refractivity contribution >= 4 is 18.3 Å². The molecule has 4 nitrogen and oxygen atoms in total. The molecule has 2 rings (SSSR count). The summed E-state index contributed by atoms with van der Waals surface area (Å²) in [6.45, 7) is 0.942. The molecule has 0 saturated carbocycles. The predicted octanol–water partition coefficient (Wildman–Crippen LogP) is 0.933. The molecule has 2 atom stereocenters. The molecule has 0 aromatic carbocycles. The van der Waals surface area contributed by atoms with Crippen molar-refractivity contribution in [2.24, 2.45) is 5.92 Å². The zero-order valence-corrected chi connectivity index (χ0v) is 11.2. The first-order valence-corrected chi connectivity index (χ1v) is 6.09. The number of alkyl halides is 3. The summed E-state index contributed by atoms with van der Waals surface area (Å²) in [5, 5.41) is 12.6. The first-order chi connectivity index (χ1) is 8.32. The maximum atomic E-state index is 12.6. The first kappa shape index (κ1) is 16.5. The fourth-order valence-electron chi connectivity index (χ4n) is 2.50. The minimum atomic E-state index is -4.67. The second-order valence-electron chi connectivity index (χ2n) is 5.16. The van der Waals surface area contributed by atoms with E-state index < -0.39 is 24.7 Å². The summed E-state index contributed by atoms with van der Waals surface area (Å²) >= 11 is 0. The third-order valence-corrected chi connectivity index (χ3v) is 3.75. The van der Waals surface area contributed by atoms with Crippen LogP contribution in [0.15, 0.2) is 0 Å². The largest absolute Gasteiger partial charge is 0.419 e. The van der Waals surface area contributed by atoms with Gasteiger partial charge in [0.25, 0.3) is 0 Å². The molecule has 2 saturated heterocycles. The lowest BCUT2D eigenvalue weighted by molar-refractivity contribution is -0.253. The monoisotopic (exact) mass is 302 g/mol. The van der Waals surface area contributed by atoms with Gasteiger partial charge in [-0.15, -0.1) is 12.4 Å². The normalized spacial score (nSPS) is 31.4. The van der Waals surface area contributed by atoms with Crippen LogP contribution in [0.1, 0.15) is 19.3 Å². The van der Waals surface area contributed by atoms with Gasteiger partial charge >= 0.3 is 6.18 Å². The van der Waals surface area contributed by atoms with E-state index in [2.05, 4.69) is 5.32 Å². The maximum Gasteiger partial charge on any atom is 0.419 e. The molecule has 0 radical (unpaired) electrons. The van der Waals surface area contributed by atoms with Crippen molar-refractivity contribution in [3.63, 3.8) is 0 Å². The summed E-state index contributed by atoms with van der Waals surface area (Å²) in [5.41, 5.74) is -2.73. The Kier molecular flexibility index (Phi) is 5.08. The molecule has 1 amide bonds. The molecule has 2 heterocycles. The summed E-state index contributed by atoms with van der Waals surface area (Å²) in [6.07, 6.45) is -3.95. The molecule has 19 heavy (non-hydrogen) atoms. The molecular formula is C11H18ClF3N2O2. The SMILES string of the molecule is Cl.O=C(CC1CCNC1)N1CCC(O)(C(F)(F)F)C1. The molecule has 2 fully saturated rings. The van der Waals surface area contributed by atoms with Crippen molar-refractivity contribution in [1.29, 1.82) is 0 Å². The second kappa shape index (κ2) is 5.85. The highest BCUT2D eigenvalue weighted by Gasteiger charge is 2.57. The van der Waals surface area contributed by atoms with Gasteiger partial charge in [0.1, 0.15) is 0 Å². The van der Waals surface area contributed by atoms with Gasteiger partial charge in [-0.05, 0) is 25.4 Å². The Morgan fingerprint density at radius 2 is 2.16 bits per heavy atom. The molecule has 2 aliphatic rings. The van der Waals surface area contributed by atoms with Gasteiger partial charge in [0.15, 0.2) is 5.60 Å². The Labute approximate surface area is 115 Å². The summed E-state index contributed by atoms with van der Waals surface area (Å²) in [4.78, 5) is 13.0. The number of carbonyl (C=O) groups excluding carboxylic acids is 1. The molecule has 0 spiro atoms. The van der Waals surface area contributed by atoms with E-state index in [-0.39, 0.29) is 37.2 Å². The minimum Gasteiger partial charge on any atom is -0.379 e. The smallest absolute Gasteiger partial charge is 0.379 e. The highest BCUT2D eigenvalue weighted by atomic mass is 35.5. The van der Waals surface area contributed by atoms with Crippen LogP contribution in [0.4, 0.5) is 13.2 Å². The third kappa shape index (κ3) is 3.52. The summed E-state index contributed by atoms with van der Waals surface area (Å²) in [5.74, 6) is -0.0824. The van der Waals surface area contributed by atoms with E-state index in [1.54, 1.807) is 0 Å². The van der Waals surface area contributed by atoms with Crippen LogP contribution >= 0.6 is 12.4 Å². The van der Waals surface area contributed by atoms with Crippen LogP contribution in [0.3, 0.4) is 0 Å². The predicted molar refractivity (Wildman–Crippen MR) is 65.0 cm³/mol. The molecule has 0 aromatic heterocycles. The first-order valence-electron chi connectivity index (χ1n) is 6.09. The average Bonchev–Trinajstić information content (AvgIpc) is 2.86. The fourth-order valence-corrected chi connectivity index (χ4v) is 2.50. The lowest BCUT2D eigenvalue weighted by atomic mass is 10.0. The van der Waals surface area contributed by atoms with E-state index in [4.69, 9.17) is 0 Å². The Bertz CT molecular complexity index is 334. The quantitative estimate of drug-likeness (QED) is 0.798. The lowest BCUT2D eigenvalue weighted by Gasteiger charge is -2.26. The second-order valence-corrected chi connectivity index (χ2v) is 5.16. The molecule has 2 N–H and O–H groups in total. The van der Waals surface area contributed by atoms with Crippen molar-refractivity contribution in [2.75, 3.05) is 26.2 Å². The molecule has 2 unspecified atom stereocenters. The van der Waals surface area contributed by atoms with E-state index in [0.29, 0.717) is 0 Å². The molecule has 0 aliphatic carbocycles. The highest BCUT2D eigenvalue weighted by molar-refractivity contribution is 5.85. The van der Waals surface area contributed by atoms with E-state index >= 15 is 0 Å². The molecule has 0 aromatic rings. The van der Waals surface area contributed by atoms with Crippen LogP contribution in [0.5, 0.6) is 0 Å². The zero-order valence-electron chi connectivity index (χ0n) is 10.4. The van der Waals surface area contributed by atoms with Crippen molar-refractivity contribution in [3.05, 3.63) is 0 Å². The van der Waals surface area contributed by atoms with Crippen LogP contribution in [-0.2, 0) is 4.79 Å². The standard InChI is InChI=1S/C11H17F3N2O2.ClH/c12-11(13,14)10(18)2-4-16(7-10)9(17)5-8-1-3-15-6-8;/h8,15,18H,1-7H2;1H. The summed E-state index contributed by atoms with van der Waals surface area (Å²) in [6, 6.07) is 0. The molecular weight excluding hydrogens is 285 g/mol. The number of rotatable bonds is 2. The Morgan fingerprint density at radius 1 is 1.47 bits per heavy atom. The van der Waals surface area contributed by atoms with E-state index in [1.165, 1.54) is 0 Å². The number of nitrogens with one attached hydrogen (secondary N) is 1. The zero-order chi connectivity index (χ0) is 13.4. The maximum absolute atomic E-state index is 12.6. The number of likely N-dealkylation sites (tertiary alicyclic amines) is 1. The van der Waals surface area contributed by atoms with E-state index in [1.807, 2.05) is 0 Å². The number of amides is 1. The fraction of sp³-hybridized carbons (Fsp3) is 0.909. The van der Waals surface area contributed by atoms with Gasteiger partial charge in [-0.2, -0.15) is 13.2 Å². The van der Waals surface area contributed by atoms with Crippen LogP contribution in [0.25, 0.3) is 0 Å². The van der Waals surface area contributed by atoms with Gasteiger partial charge in [-0.25, -0.2) is 0 Å². The Hall–Kier alpha value is -0.530. The van der Waals surface area contributed by atoms with Crippen molar-refractivity contribution in [3.8, 4) is 0 Å². The van der Waals surface area contributed by atoms with Crippen LogP contribution in [0, 0.1) is 5.92 Å². The molecule has 0 bridgehead atoms.